The van der Waals surface area contributed by atoms with Gasteiger partial charge in [0.2, 0.25) is 5.91 Å². The molecule has 326 valence electrons. The number of unbranched alkanes of at least 4 members (excludes halogenated alkanes) is 30. The molecule has 0 rings (SSSR count). The third-order valence-corrected chi connectivity index (χ3v) is 11.3. The van der Waals surface area contributed by atoms with Gasteiger partial charge in [0.05, 0.1) is 25.2 Å². The molecule has 0 aromatic rings. The first-order valence-corrected chi connectivity index (χ1v) is 24.4. The summed E-state index contributed by atoms with van der Waals surface area (Å²) >= 11 is 0. The van der Waals surface area contributed by atoms with E-state index in [9.17, 15) is 19.8 Å². The van der Waals surface area contributed by atoms with E-state index in [2.05, 4.69) is 38.2 Å². The molecule has 3 atom stereocenters. The third-order valence-electron chi connectivity index (χ3n) is 11.3. The molecule has 0 aromatic heterocycles. The lowest BCUT2D eigenvalue weighted by Crippen LogP contribution is -2.46. The van der Waals surface area contributed by atoms with Crippen LogP contribution in [0.15, 0.2) is 12.2 Å². The quantitative estimate of drug-likeness (QED) is 0.0325. The summed E-state index contributed by atoms with van der Waals surface area (Å²) in [5.74, 6) is -0.477. The number of esters is 1. The van der Waals surface area contributed by atoms with Gasteiger partial charge < -0.3 is 20.3 Å². The van der Waals surface area contributed by atoms with Crippen molar-refractivity contribution < 1.29 is 24.5 Å². The van der Waals surface area contributed by atoms with Crippen LogP contribution in [0.1, 0.15) is 265 Å². The Bertz CT molecular complexity index is 832. The first-order valence-electron chi connectivity index (χ1n) is 24.4. The number of hydrogen-bond donors (Lipinski definition) is 3. The van der Waals surface area contributed by atoms with Crippen molar-refractivity contribution in [3.63, 3.8) is 0 Å². The van der Waals surface area contributed by atoms with E-state index in [0.29, 0.717) is 19.3 Å². The van der Waals surface area contributed by atoms with E-state index in [-0.39, 0.29) is 24.9 Å². The van der Waals surface area contributed by atoms with Crippen LogP contribution in [0.5, 0.6) is 0 Å². The van der Waals surface area contributed by atoms with E-state index in [4.69, 9.17) is 4.74 Å². The zero-order chi connectivity index (χ0) is 40.3. The van der Waals surface area contributed by atoms with Gasteiger partial charge in [0, 0.05) is 6.42 Å². The highest BCUT2D eigenvalue weighted by Gasteiger charge is 2.24. The predicted octanol–water partition coefficient (Wildman–Crippen LogP) is 14.2. The molecule has 0 heterocycles. The molecule has 0 saturated carbocycles. The van der Waals surface area contributed by atoms with E-state index in [1.807, 2.05) is 0 Å². The van der Waals surface area contributed by atoms with Crippen LogP contribution in [0, 0.1) is 0 Å². The topological polar surface area (TPSA) is 95.9 Å². The number of ether oxygens (including phenoxy) is 1. The van der Waals surface area contributed by atoms with E-state index in [1.54, 1.807) is 0 Å². The summed E-state index contributed by atoms with van der Waals surface area (Å²) in [5, 5.41) is 23.6. The number of nitrogens with one attached hydrogen (secondary N) is 1. The lowest BCUT2D eigenvalue weighted by atomic mass is 10.0. The van der Waals surface area contributed by atoms with Crippen LogP contribution >= 0.6 is 0 Å². The Morgan fingerprint density at radius 3 is 1.33 bits per heavy atom. The molecule has 55 heavy (non-hydrogen) atoms. The highest BCUT2D eigenvalue weighted by Crippen LogP contribution is 2.18. The molecule has 1 amide bonds. The van der Waals surface area contributed by atoms with Gasteiger partial charge >= 0.3 is 5.97 Å². The maximum atomic E-state index is 13.1. The second kappa shape index (κ2) is 43.7. The fraction of sp³-hybridized carbons (Fsp3) is 0.918. The van der Waals surface area contributed by atoms with Gasteiger partial charge in [-0.05, 0) is 51.4 Å². The first kappa shape index (κ1) is 53.6. The smallest absolute Gasteiger partial charge is 0.306 e. The van der Waals surface area contributed by atoms with Crippen molar-refractivity contribution in [2.24, 2.45) is 0 Å². The number of allylic oxidation sites excluding steroid dienone is 2. The number of rotatable bonds is 44. The van der Waals surface area contributed by atoms with Gasteiger partial charge in [0.25, 0.3) is 0 Å². The molecular formula is C49H95NO5. The zero-order valence-electron chi connectivity index (χ0n) is 37.1. The van der Waals surface area contributed by atoms with Crippen LogP contribution in [0.25, 0.3) is 0 Å². The Labute approximate surface area is 342 Å². The first-order chi connectivity index (χ1) is 27.0. The Hall–Kier alpha value is -1.40. The third kappa shape index (κ3) is 39.2. The molecule has 0 radical (unpaired) electrons. The Balaban J connectivity index is 4.50. The average Bonchev–Trinajstić information content (AvgIpc) is 3.18. The van der Waals surface area contributed by atoms with Crippen LogP contribution < -0.4 is 5.32 Å². The molecule has 0 aliphatic carbocycles. The van der Waals surface area contributed by atoms with Gasteiger partial charge in [0.1, 0.15) is 6.10 Å². The maximum absolute atomic E-state index is 13.1. The monoisotopic (exact) mass is 778 g/mol. The van der Waals surface area contributed by atoms with Gasteiger partial charge in [-0.3, -0.25) is 9.59 Å². The second-order valence-corrected chi connectivity index (χ2v) is 16.9. The minimum absolute atomic E-state index is 0.0730. The molecule has 0 spiro atoms. The van der Waals surface area contributed by atoms with Crippen LogP contribution in [0.2, 0.25) is 0 Å². The molecular weight excluding hydrogens is 683 g/mol. The molecule has 3 unspecified atom stereocenters. The summed E-state index contributed by atoms with van der Waals surface area (Å²) in [6, 6.07) is -0.698. The Kier molecular flexibility index (Phi) is 42.6. The largest absolute Gasteiger partial charge is 0.462 e. The van der Waals surface area contributed by atoms with Gasteiger partial charge in [-0.15, -0.1) is 0 Å². The summed E-state index contributed by atoms with van der Waals surface area (Å²) < 4.78 is 5.90. The highest BCUT2D eigenvalue weighted by molar-refractivity contribution is 5.77. The van der Waals surface area contributed by atoms with E-state index in [1.165, 1.54) is 154 Å². The van der Waals surface area contributed by atoms with Crippen LogP contribution in [-0.2, 0) is 14.3 Å². The summed E-state index contributed by atoms with van der Waals surface area (Å²) in [7, 11) is 0. The minimum Gasteiger partial charge on any atom is -0.462 e. The van der Waals surface area contributed by atoms with Crippen LogP contribution in [0.3, 0.4) is 0 Å². The lowest BCUT2D eigenvalue weighted by Gasteiger charge is -2.24. The normalized spacial score (nSPS) is 13.3. The molecule has 3 N–H and O–H groups in total. The molecule has 0 aliphatic rings. The van der Waals surface area contributed by atoms with Crippen molar-refractivity contribution in [1.82, 2.24) is 5.32 Å². The molecule has 0 aliphatic heterocycles. The summed E-state index contributed by atoms with van der Waals surface area (Å²) in [4.78, 5) is 26.0. The zero-order valence-corrected chi connectivity index (χ0v) is 37.1. The predicted molar refractivity (Wildman–Crippen MR) is 237 cm³/mol. The van der Waals surface area contributed by atoms with Crippen molar-refractivity contribution in [3.05, 3.63) is 12.2 Å². The lowest BCUT2D eigenvalue weighted by molar-refractivity contribution is -0.151. The molecule has 0 aromatic carbocycles. The molecule has 6 heteroatoms. The van der Waals surface area contributed by atoms with Crippen molar-refractivity contribution >= 4 is 11.9 Å². The van der Waals surface area contributed by atoms with Crippen molar-refractivity contribution in [3.8, 4) is 0 Å². The minimum atomic E-state index is -0.784. The van der Waals surface area contributed by atoms with Gasteiger partial charge in [0.15, 0.2) is 0 Å². The molecule has 0 bridgehead atoms. The standard InChI is InChI=1S/C49H95NO5/c1-4-7-10-13-16-19-22-23-24-25-27-30-33-36-39-42-49(54)55-45(40-37-34-31-28-21-18-15-12-9-6-3)43-48(53)50-46(44-51)47(52)41-38-35-32-29-26-20-17-14-11-8-5-2/h18,21,45-47,51-52H,4-17,19-20,22-44H2,1-3H3,(H,50,53)/b21-18-. The number of amides is 1. The number of aliphatic hydroxyl groups excluding tert-OH is 2. The van der Waals surface area contributed by atoms with Crippen molar-refractivity contribution in [2.45, 2.75) is 283 Å². The van der Waals surface area contributed by atoms with Gasteiger partial charge in [-0.1, -0.05) is 213 Å². The SMILES string of the molecule is CCCCC/C=C\CCCCCC(CC(=O)NC(CO)C(O)CCCCCCCCCCCCC)OC(=O)CCCCCCCCCCCCCCCCC. The molecule has 0 fully saturated rings. The van der Waals surface area contributed by atoms with E-state index >= 15 is 0 Å². The fourth-order valence-electron chi connectivity index (χ4n) is 7.60. The second-order valence-electron chi connectivity index (χ2n) is 16.9. The van der Waals surface area contributed by atoms with E-state index < -0.39 is 18.2 Å². The average molecular weight is 778 g/mol. The summed E-state index contributed by atoms with van der Waals surface area (Å²) in [6.45, 7) is 6.45. The molecule has 0 saturated heterocycles. The van der Waals surface area contributed by atoms with Crippen LogP contribution in [-0.4, -0.2) is 46.9 Å². The number of hydrogen-bond acceptors (Lipinski definition) is 5. The summed E-state index contributed by atoms with van der Waals surface area (Å²) in [6.07, 6.45) is 47.0. The fourth-order valence-corrected chi connectivity index (χ4v) is 7.60. The Morgan fingerprint density at radius 2 is 0.873 bits per heavy atom. The number of carbonyl (C=O) groups excluding carboxylic acids is 2. The number of carbonyl (C=O) groups is 2. The van der Waals surface area contributed by atoms with Gasteiger partial charge in [-0.25, -0.2) is 0 Å². The number of aliphatic hydroxyl groups is 2. The Morgan fingerprint density at radius 1 is 0.509 bits per heavy atom. The summed E-state index contributed by atoms with van der Waals surface area (Å²) in [5.41, 5.74) is 0. The van der Waals surface area contributed by atoms with E-state index in [0.717, 1.165) is 64.2 Å². The maximum Gasteiger partial charge on any atom is 0.306 e. The van der Waals surface area contributed by atoms with Crippen molar-refractivity contribution in [2.75, 3.05) is 6.61 Å². The van der Waals surface area contributed by atoms with Crippen molar-refractivity contribution in [1.29, 1.82) is 0 Å². The highest BCUT2D eigenvalue weighted by atomic mass is 16.5. The van der Waals surface area contributed by atoms with Crippen LogP contribution in [0.4, 0.5) is 0 Å². The van der Waals surface area contributed by atoms with Gasteiger partial charge in [-0.2, -0.15) is 0 Å². The molecule has 6 nitrogen and oxygen atoms in total.